The van der Waals surface area contributed by atoms with Gasteiger partial charge in [0, 0.05) is 62.8 Å². The van der Waals surface area contributed by atoms with Gasteiger partial charge in [0.05, 0.1) is 33.8 Å². The minimum absolute atomic E-state index is 0.163. The number of carboxylic acids is 2. The van der Waals surface area contributed by atoms with E-state index >= 15 is 0 Å². The smallest absolute Gasteiger partial charge is 0.309 e. The molecule has 4 aromatic carbocycles. The monoisotopic (exact) mass is 842 g/mol. The zero-order chi connectivity index (χ0) is 41.8. The fourth-order valence-electron chi connectivity index (χ4n) is 7.35. The van der Waals surface area contributed by atoms with Gasteiger partial charge in [-0.05, 0) is 109 Å². The summed E-state index contributed by atoms with van der Waals surface area (Å²) >= 11 is 3.38. The number of rotatable bonds is 15. The second-order valence-corrected chi connectivity index (χ2v) is 18.2. The number of aliphatic carboxylic acids is 2. The van der Waals surface area contributed by atoms with Crippen LogP contribution >= 0.6 is 22.7 Å². The summed E-state index contributed by atoms with van der Waals surface area (Å²) in [6, 6.07) is 31.4. The molecule has 10 nitrogen and oxygen atoms in total. The Balaban J connectivity index is 0.000000167. The number of aryl methyl sites for hydroxylation is 1. The molecule has 3 fully saturated rings. The first-order valence-electron chi connectivity index (χ1n) is 20.6. The fourth-order valence-corrected chi connectivity index (χ4v) is 9.25. The number of ether oxygens (including phenoxy) is 2. The molecule has 2 aromatic heterocycles. The Morgan fingerprint density at radius 2 is 1.18 bits per heavy atom. The van der Waals surface area contributed by atoms with Gasteiger partial charge in [-0.3, -0.25) is 19.4 Å². The van der Waals surface area contributed by atoms with E-state index in [0.29, 0.717) is 32.3 Å². The number of thiazole rings is 2. The lowest BCUT2D eigenvalue weighted by Gasteiger charge is -2.36. The summed E-state index contributed by atoms with van der Waals surface area (Å²) < 4.78 is 11.5. The maximum Gasteiger partial charge on any atom is 0.309 e. The molecule has 0 unspecified atom stereocenters. The highest BCUT2D eigenvalue weighted by molar-refractivity contribution is 7.18. The molecule has 2 aliphatic heterocycles. The lowest BCUT2D eigenvalue weighted by atomic mass is 9.97. The molecule has 310 valence electrons. The lowest BCUT2D eigenvalue weighted by molar-refractivity contribution is -0.148. The van der Waals surface area contributed by atoms with E-state index in [1.807, 2.05) is 50.5 Å². The fraction of sp³-hybridized carbons (Fsp3) is 0.333. The Bertz CT molecular complexity index is 2390. The van der Waals surface area contributed by atoms with Gasteiger partial charge in [-0.25, -0.2) is 9.97 Å². The summed E-state index contributed by atoms with van der Waals surface area (Å²) in [6.07, 6.45) is 7.71. The van der Waals surface area contributed by atoms with Crippen LogP contribution in [0.15, 0.2) is 103 Å². The minimum atomic E-state index is -0.693. The third kappa shape index (κ3) is 10.3. The van der Waals surface area contributed by atoms with E-state index in [2.05, 4.69) is 88.4 Å². The van der Waals surface area contributed by atoms with Crippen LogP contribution in [-0.4, -0.2) is 80.3 Å². The second kappa shape index (κ2) is 18.5. The number of hydrogen-bond donors (Lipinski definition) is 2. The highest BCUT2D eigenvalue weighted by Gasteiger charge is 2.33. The number of benzene rings is 4. The SMILES string of the molecule is CCc1cc(CN2CC(C(=O)O)C2)ccc1-c1ncc(-c2ccc(OC(C)C)cc2)s1.O=C(O)C1CN(Cc2ccc(-c3ncc(-c4ccc(OC5CC5)cc4)s3)cc2)C1. The van der Waals surface area contributed by atoms with Crippen LogP contribution in [0.4, 0.5) is 0 Å². The van der Waals surface area contributed by atoms with Gasteiger partial charge < -0.3 is 19.7 Å². The molecule has 0 atom stereocenters. The first-order chi connectivity index (χ1) is 29.1. The van der Waals surface area contributed by atoms with Crippen LogP contribution in [0, 0.1) is 11.8 Å². The summed E-state index contributed by atoms with van der Waals surface area (Å²) in [7, 11) is 0. The highest BCUT2D eigenvalue weighted by atomic mass is 32.1. The maximum absolute atomic E-state index is 11.0. The third-order valence-corrected chi connectivity index (χ3v) is 13.1. The molecule has 1 aliphatic carbocycles. The molecule has 2 N–H and O–H groups in total. The van der Waals surface area contributed by atoms with E-state index in [-0.39, 0.29) is 17.9 Å². The molecule has 0 radical (unpaired) electrons. The predicted octanol–water partition coefficient (Wildman–Crippen LogP) is 9.88. The van der Waals surface area contributed by atoms with Crippen LogP contribution < -0.4 is 9.47 Å². The average molecular weight is 843 g/mol. The number of carbonyl (C=O) groups is 2. The zero-order valence-electron chi connectivity index (χ0n) is 34.1. The van der Waals surface area contributed by atoms with Gasteiger partial charge in [-0.15, -0.1) is 22.7 Å². The number of nitrogens with zero attached hydrogens (tertiary/aromatic N) is 4. The standard InChI is InChI=1S/C25H28N2O3S.C23H22N2O3S/c1-4-18-11-17(13-27-14-20(15-27)25(28)29)5-10-22(18)24-26-12-23(31-24)19-6-8-21(9-7-19)30-16(2)3;26-23(27)18-13-25(14-18)12-15-1-3-17(4-2-15)22-24-11-21(29-22)16-5-7-19(8-6-16)28-20-9-10-20/h5-12,16,20H,4,13-15H2,1-3H3,(H,28,29);1-8,11,18,20H,9-10,12-14H2,(H,26,27). The molecule has 0 bridgehead atoms. The first-order valence-corrected chi connectivity index (χ1v) is 22.3. The largest absolute Gasteiger partial charge is 0.491 e. The minimum Gasteiger partial charge on any atom is -0.491 e. The Hall–Kier alpha value is -5.40. The van der Waals surface area contributed by atoms with Crippen molar-refractivity contribution in [3.8, 4) is 53.5 Å². The van der Waals surface area contributed by atoms with E-state index in [4.69, 9.17) is 24.7 Å². The Kier molecular flexibility index (Phi) is 12.7. The predicted molar refractivity (Wildman–Crippen MR) is 238 cm³/mol. The van der Waals surface area contributed by atoms with Crippen LogP contribution in [0.2, 0.25) is 0 Å². The second-order valence-electron chi connectivity index (χ2n) is 16.1. The van der Waals surface area contributed by atoms with Gasteiger partial charge in [-0.1, -0.05) is 49.4 Å². The molecular formula is C48H50N4O6S2. The van der Waals surface area contributed by atoms with Gasteiger partial charge in [0.1, 0.15) is 21.5 Å². The van der Waals surface area contributed by atoms with Crippen molar-refractivity contribution in [1.29, 1.82) is 0 Å². The van der Waals surface area contributed by atoms with Crippen molar-refractivity contribution in [2.45, 2.75) is 65.3 Å². The molecule has 9 rings (SSSR count). The molecule has 4 heterocycles. The van der Waals surface area contributed by atoms with Crippen molar-refractivity contribution in [3.05, 3.63) is 120 Å². The van der Waals surface area contributed by atoms with E-state index < -0.39 is 11.9 Å². The summed E-state index contributed by atoms with van der Waals surface area (Å²) in [5.74, 6) is 0.00319. The number of likely N-dealkylation sites (tertiary alicyclic amines) is 2. The van der Waals surface area contributed by atoms with E-state index in [1.165, 1.54) is 35.1 Å². The van der Waals surface area contributed by atoms with Crippen molar-refractivity contribution < 1.29 is 29.3 Å². The molecule has 12 heteroatoms. The quantitative estimate of drug-likeness (QED) is 0.103. The molecular weight excluding hydrogens is 793 g/mol. The normalized spacial score (nSPS) is 15.8. The zero-order valence-corrected chi connectivity index (χ0v) is 35.8. The molecule has 1 saturated carbocycles. The van der Waals surface area contributed by atoms with Crippen LogP contribution in [0.5, 0.6) is 11.5 Å². The number of aromatic nitrogens is 2. The van der Waals surface area contributed by atoms with E-state index in [0.717, 1.165) is 67.5 Å². The average Bonchev–Trinajstić information content (AvgIpc) is 3.65. The van der Waals surface area contributed by atoms with Crippen molar-refractivity contribution >= 4 is 34.6 Å². The summed E-state index contributed by atoms with van der Waals surface area (Å²) in [5, 5.41) is 20.1. The van der Waals surface area contributed by atoms with Gasteiger partial charge in [0.2, 0.25) is 0 Å². The molecule has 3 aliphatic rings. The lowest BCUT2D eigenvalue weighted by Crippen LogP contribution is -2.49. The van der Waals surface area contributed by atoms with Crippen molar-refractivity contribution in [2.75, 3.05) is 26.2 Å². The van der Waals surface area contributed by atoms with Gasteiger partial charge in [0.25, 0.3) is 0 Å². The molecule has 0 amide bonds. The van der Waals surface area contributed by atoms with Crippen molar-refractivity contribution in [2.24, 2.45) is 11.8 Å². The summed E-state index contributed by atoms with van der Waals surface area (Å²) in [5.41, 5.74) is 8.26. The van der Waals surface area contributed by atoms with Gasteiger partial charge >= 0.3 is 11.9 Å². The van der Waals surface area contributed by atoms with Crippen LogP contribution in [0.3, 0.4) is 0 Å². The third-order valence-electron chi connectivity index (χ3n) is 10.9. The Morgan fingerprint density at radius 3 is 1.72 bits per heavy atom. The van der Waals surface area contributed by atoms with Gasteiger partial charge in [-0.2, -0.15) is 0 Å². The molecule has 60 heavy (non-hydrogen) atoms. The molecule has 6 aromatic rings. The Labute approximate surface area is 359 Å². The number of carboxylic acid groups (broad SMARTS) is 2. The summed E-state index contributed by atoms with van der Waals surface area (Å²) in [4.78, 5) is 37.8. The van der Waals surface area contributed by atoms with Crippen molar-refractivity contribution in [1.82, 2.24) is 19.8 Å². The van der Waals surface area contributed by atoms with E-state index in [1.54, 1.807) is 22.7 Å². The van der Waals surface area contributed by atoms with E-state index in [9.17, 15) is 9.59 Å². The van der Waals surface area contributed by atoms with Crippen LogP contribution in [0.25, 0.3) is 42.0 Å². The highest BCUT2D eigenvalue weighted by Crippen LogP contribution is 2.37. The maximum atomic E-state index is 11.0. The van der Waals surface area contributed by atoms with Crippen LogP contribution in [0.1, 0.15) is 50.3 Å². The van der Waals surface area contributed by atoms with Crippen molar-refractivity contribution in [3.63, 3.8) is 0 Å². The molecule has 2 saturated heterocycles. The van der Waals surface area contributed by atoms with Gasteiger partial charge in [0.15, 0.2) is 0 Å². The number of hydrogen-bond acceptors (Lipinski definition) is 10. The van der Waals surface area contributed by atoms with Crippen LogP contribution in [-0.2, 0) is 29.1 Å². The molecule has 0 spiro atoms. The summed E-state index contributed by atoms with van der Waals surface area (Å²) in [6.45, 7) is 10.3. The first kappa shape index (κ1) is 41.3. The topological polar surface area (TPSA) is 125 Å². The Morgan fingerprint density at radius 1 is 0.683 bits per heavy atom.